The molecule has 1 aliphatic heterocycles. The lowest BCUT2D eigenvalue weighted by molar-refractivity contribution is -0.139. The number of methoxy groups -OCH3 is 2. The van der Waals surface area contributed by atoms with Crippen molar-refractivity contribution in [3.05, 3.63) is 60.3 Å². The molecule has 1 atom stereocenters. The number of esters is 1. The monoisotopic (exact) mass is 425 g/mol. The third-order valence-corrected chi connectivity index (χ3v) is 5.31. The van der Waals surface area contributed by atoms with Gasteiger partial charge in [0.1, 0.15) is 5.75 Å². The number of ether oxygens (including phenoxy) is 2. The Morgan fingerprint density at radius 2 is 1.97 bits per heavy atom. The van der Waals surface area contributed by atoms with Crippen molar-refractivity contribution in [3.63, 3.8) is 0 Å². The molecule has 1 heterocycles. The highest BCUT2D eigenvalue weighted by atomic mass is 32.2. The van der Waals surface area contributed by atoms with E-state index in [1.165, 1.54) is 18.9 Å². The van der Waals surface area contributed by atoms with Gasteiger partial charge in [-0.25, -0.2) is 4.99 Å². The highest BCUT2D eigenvalue weighted by molar-refractivity contribution is 8.15. The maximum absolute atomic E-state index is 12.7. The number of anilines is 2. The lowest BCUT2D eigenvalue weighted by atomic mass is 10.2. The first-order chi connectivity index (χ1) is 14.5. The quantitative estimate of drug-likeness (QED) is 0.669. The molecule has 1 amide bonds. The third-order valence-electron chi connectivity index (χ3n) is 4.29. The fourth-order valence-corrected chi connectivity index (χ4v) is 3.64. The van der Waals surface area contributed by atoms with Crippen LogP contribution < -0.4 is 15.4 Å². The van der Waals surface area contributed by atoms with Crippen LogP contribution >= 0.6 is 11.8 Å². The second-order valence-electron chi connectivity index (χ2n) is 6.50. The molecule has 156 valence electrons. The number of hydrogen-bond donors (Lipinski definition) is 2. The molecule has 0 bridgehead atoms. The lowest BCUT2D eigenvalue weighted by Crippen LogP contribution is -2.23. The smallest absolute Gasteiger partial charge is 0.311 e. The average Bonchev–Trinajstić information content (AvgIpc) is 2.91. The number of fused-ring (bicyclic) bond motifs is 1. The van der Waals surface area contributed by atoms with E-state index in [2.05, 4.69) is 15.6 Å². The van der Waals surface area contributed by atoms with Crippen LogP contribution in [0.3, 0.4) is 0 Å². The number of thioether (sulfide) groups is 1. The highest BCUT2D eigenvalue weighted by Crippen LogP contribution is 2.32. The average molecular weight is 426 g/mol. The Balaban J connectivity index is 1.77. The molecule has 2 aromatic rings. The summed E-state index contributed by atoms with van der Waals surface area (Å²) < 4.78 is 9.97. The van der Waals surface area contributed by atoms with Gasteiger partial charge in [0.2, 0.25) is 5.91 Å². The maximum atomic E-state index is 12.7. The van der Waals surface area contributed by atoms with Crippen LogP contribution in [0.25, 0.3) is 0 Å². The molecule has 0 fully saturated rings. The molecule has 1 aliphatic rings. The molecule has 2 aromatic carbocycles. The minimum absolute atomic E-state index is 0.0782. The Labute approximate surface area is 179 Å². The van der Waals surface area contributed by atoms with Crippen molar-refractivity contribution in [1.29, 1.82) is 0 Å². The summed E-state index contributed by atoms with van der Waals surface area (Å²) in [5.74, 6) is 0.143. The zero-order valence-electron chi connectivity index (χ0n) is 17.0. The second-order valence-corrected chi connectivity index (χ2v) is 7.86. The van der Waals surface area contributed by atoms with Crippen molar-refractivity contribution in [1.82, 2.24) is 0 Å². The van der Waals surface area contributed by atoms with Gasteiger partial charge in [0.05, 0.1) is 42.3 Å². The third kappa shape index (κ3) is 5.64. The van der Waals surface area contributed by atoms with Gasteiger partial charge in [-0.05, 0) is 37.3 Å². The van der Waals surface area contributed by atoms with Gasteiger partial charge in [-0.2, -0.15) is 0 Å². The van der Waals surface area contributed by atoms with Crippen LogP contribution in [0.2, 0.25) is 0 Å². The van der Waals surface area contributed by atoms with E-state index in [1.54, 1.807) is 32.2 Å². The van der Waals surface area contributed by atoms with E-state index < -0.39 is 5.25 Å². The van der Waals surface area contributed by atoms with Gasteiger partial charge in [-0.15, -0.1) is 0 Å². The van der Waals surface area contributed by atoms with Gasteiger partial charge < -0.3 is 20.1 Å². The molecule has 0 aliphatic carbocycles. The van der Waals surface area contributed by atoms with Crippen LogP contribution in [0, 0.1) is 0 Å². The van der Waals surface area contributed by atoms with Crippen molar-refractivity contribution in [2.75, 3.05) is 24.9 Å². The topological polar surface area (TPSA) is 89.0 Å². The first-order valence-electron chi connectivity index (χ1n) is 9.32. The van der Waals surface area contributed by atoms with E-state index >= 15 is 0 Å². The van der Waals surface area contributed by atoms with Gasteiger partial charge in [-0.3, -0.25) is 9.59 Å². The molecule has 0 aromatic heterocycles. The van der Waals surface area contributed by atoms with Crippen LogP contribution in [0.5, 0.6) is 5.75 Å². The minimum Gasteiger partial charge on any atom is -0.497 e. The standard InChI is InChI=1S/C22H23N3O4S/c1-14(22(27)24-15-7-6-8-17(11-15)28-2)30-20-12-16(13-21(26)29-3)23-18-9-4-5-10-19(18)25-20/h4-12,14,23H,13H2,1-3H3,(H,24,27)/t14-/m1/s1. The Morgan fingerprint density at radius 1 is 1.17 bits per heavy atom. The van der Waals surface area contributed by atoms with Gasteiger partial charge in [0.25, 0.3) is 0 Å². The molecular formula is C22H23N3O4S. The lowest BCUT2D eigenvalue weighted by Gasteiger charge is -2.13. The van der Waals surface area contributed by atoms with E-state index in [9.17, 15) is 9.59 Å². The van der Waals surface area contributed by atoms with Gasteiger partial charge in [-0.1, -0.05) is 30.0 Å². The zero-order valence-corrected chi connectivity index (χ0v) is 17.8. The predicted octanol–water partition coefficient (Wildman–Crippen LogP) is 4.36. The summed E-state index contributed by atoms with van der Waals surface area (Å²) in [6.45, 7) is 1.81. The van der Waals surface area contributed by atoms with E-state index in [0.717, 1.165) is 11.4 Å². The van der Waals surface area contributed by atoms with Crippen LogP contribution in [0.15, 0.2) is 65.3 Å². The summed E-state index contributed by atoms with van der Waals surface area (Å²) in [4.78, 5) is 29.1. The number of para-hydroxylation sites is 2. The SMILES string of the molecule is COC(=O)CC1=CC(S[C@H](C)C(=O)Nc2cccc(OC)c2)=Nc2ccccc2N1. The summed E-state index contributed by atoms with van der Waals surface area (Å²) in [6.07, 6.45) is 1.85. The molecular weight excluding hydrogens is 402 g/mol. The van der Waals surface area contributed by atoms with Crippen LogP contribution in [0.1, 0.15) is 13.3 Å². The number of amides is 1. The van der Waals surface area contributed by atoms with Crippen molar-refractivity contribution in [2.24, 2.45) is 4.99 Å². The Bertz CT molecular complexity index is 1000. The number of carbonyl (C=O) groups is 2. The number of nitrogens with zero attached hydrogens (tertiary/aromatic N) is 1. The molecule has 0 saturated carbocycles. The molecule has 7 nitrogen and oxygen atoms in total. The number of hydrogen-bond acceptors (Lipinski definition) is 7. The largest absolute Gasteiger partial charge is 0.497 e. The Kier molecular flexibility index (Phi) is 7.13. The van der Waals surface area contributed by atoms with Gasteiger partial charge in [0, 0.05) is 17.5 Å². The first kappa shape index (κ1) is 21.4. The maximum Gasteiger partial charge on any atom is 0.311 e. The normalized spacial score (nSPS) is 13.6. The number of carbonyl (C=O) groups excluding carboxylic acids is 2. The van der Waals surface area contributed by atoms with Gasteiger partial charge in [0.15, 0.2) is 0 Å². The molecule has 0 unspecified atom stereocenters. The minimum atomic E-state index is -0.421. The number of rotatable bonds is 6. The number of aliphatic imine (C=N–C) groups is 1. The van der Waals surface area contributed by atoms with Crippen molar-refractivity contribution >= 4 is 45.7 Å². The molecule has 2 N–H and O–H groups in total. The molecule has 30 heavy (non-hydrogen) atoms. The Hall–Kier alpha value is -3.26. The Morgan fingerprint density at radius 3 is 2.73 bits per heavy atom. The number of benzene rings is 2. The van der Waals surface area contributed by atoms with Crippen LogP contribution in [0.4, 0.5) is 17.1 Å². The summed E-state index contributed by atoms with van der Waals surface area (Å²) in [5, 5.41) is 6.32. The molecule has 3 rings (SSSR count). The summed E-state index contributed by atoms with van der Waals surface area (Å²) >= 11 is 1.31. The zero-order chi connectivity index (χ0) is 21.5. The van der Waals surface area contributed by atoms with E-state index in [4.69, 9.17) is 9.47 Å². The molecule has 0 spiro atoms. The van der Waals surface area contributed by atoms with Crippen molar-refractivity contribution in [2.45, 2.75) is 18.6 Å². The predicted molar refractivity (Wildman–Crippen MR) is 121 cm³/mol. The summed E-state index contributed by atoms with van der Waals surface area (Å²) in [6, 6.07) is 14.7. The molecule has 8 heteroatoms. The van der Waals surface area contributed by atoms with E-state index in [1.807, 2.05) is 36.4 Å². The molecule has 0 radical (unpaired) electrons. The summed E-state index contributed by atoms with van der Waals surface area (Å²) in [7, 11) is 2.93. The summed E-state index contributed by atoms with van der Waals surface area (Å²) in [5.41, 5.74) is 2.83. The fraction of sp³-hybridized carbons (Fsp3) is 0.227. The van der Waals surface area contributed by atoms with E-state index in [0.29, 0.717) is 22.2 Å². The first-order valence-corrected chi connectivity index (χ1v) is 10.2. The van der Waals surface area contributed by atoms with Crippen molar-refractivity contribution in [3.8, 4) is 5.75 Å². The second kappa shape index (κ2) is 9.98. The van der Waals surface area contributed by atoms with Crippen molar-refractivity contribution < 1.29 is 19.1 Å². The van der Waals surface area contributed by atoms with E-state index in [-0.39, 0.29) is 18.3 Å². The molecule has 0 saturated heterocycles. The number of nitrogens with one attached hydrogen (secondary N) is 2. The fourth-order valence-electron chi connectivity index (χ4n) is 2.75. The highest BCUT2D eigenvalue weighted by Gasteiger charge is 2.20. The van der Waals surface area contributed by atoms with Crippen LogP contribution in [-0.4, -0.2) is 36.4 Å². The van der Waals surface area contributed by atoms with Gasteiger partial charge >= 0.3 is 5.97 Å². The van der Waals surface area contributed by atoms with Crippen LogP contribution in [-0.2, 0) is 14.3 Å².